The number of carboxylic acids is 1. The molecule has 0 amide bonds. The summed E-state index contributed by atoms with van der Waals surface area (Å²) < 4.78 is 40.4. The van der Waals surface area contributed by atoms with Crippen molar-refractivity contribution < 1.29 is 27.8 Å². The largest absolute Gasteiger partial charge is 0.573 e. The first-order chi connectivity index (χ1) is 11.8. The van der Waals surface area contributed by atoms with E-state index in [1.54, 1.807) is 6.07 Å². The molecule has 2 aromatic rings. The van der Waals surface area contributed by atoms with Crippen molar-refractivity contribution in [3.05, 3.63) is 36.7 Å². The fourth-order valence-electron chi connectivity index (χ4n) is 2.68. The van der Waals surface area contributed by atoms with E-state index in [4.69, 9.17) is 5.11 Å². The van der Waals surface area contributed by atoms with Crippen molar-refractivity contribution in [2.75, 3.05) is 18.0 Å². The molecule has 1 fully saturated rings. The van der Waals surface area contributed by atoms with Crippen molar-refractivity contribution in [3.63, 3.8) is 0 Å². The first-order valence-electron chi connectivity index (χ1n) is 7.48. The van der Waals surface area contributed by atoms with Gasteiger partial charge in [0, 0.05) is 24.7 Å². The van der Waals surface area contributed by atoms with Crippen LogP contribution in [0.2, 0.25) is 0 Å². The van der Waals surface area contributed by atoms with Crippen LogP contribution >= 0.6 is 0 Å². The molecule has 1 N–H and O–H groups in total. The van der Waals surface area contributed by atoms with Crippen LogP contribution < -0.4 is 9.64 Å². The van der Waals surface area contributed by atoms with Crippen LogP contribution in [0.4, 0.5) is 19.0 Å². The van der Waals surface area contributed by atoms with Crippen molar-refractivity contribution in [2.45, 2.75) is 12.8 Å². The normalized spacial score (nSPS) is 17.6. The average molecular weight is 353 g/mol. The van der Waals surface area contributed by atoms with Crippen LogP contribution in [0.3, 0.4) is 0 Å². The zero-order valence-electron chi connectivity index (χ0n) is 12.9. The number of carbonyl (C=O) groups is 1. The standard InChI is InChI=1S/C16H14F3N3O3/c17-16(18,19)25-12-3-1-10(2-4-12)13-7-14(21-9-20-13)22-6-5-11(8-22)15(23)24/h1-4,7,9,11H,5-6,8H2,(H,23,24). The molecular formula is C16H14F3N3O3. The van der Waals surface area contributed by atoms with Gasteiger partial charge in [-0.1, -0.05) is 0 Å². The number of hydrogen-bond acceptors (Lipinski definition) is 5. The third-order valence-electron chi connectivity index (χ3n) is 3.90. The quantitative estimate of drug-likeness (QED) is 0.911. The molecule has 2 heterocycles. The van der Waals surface area contributed by atoms with Crippen molar-refractivity contribution >= 4 is 11.8 Å². The Morgan fingerprint density at radius 3 is 2.56 bits per heavy atom. The number of benzene rings is 1. The van der Waals surface area contributed by atoms with E-state index in [0.717, 1.165) is 0 Å². The number of aromatic nitrogens is 2. The van der Waals surface area contributed by atoms with Gasteiger partial charge in [0.1, 0.15) is 17.9 Å². The predicted molar refractivity (Wildman–Crippen MR) is 82.1 cm³/mol. The van der Waals surface area contributed by atoms with Crippen LogP contribution in [-0.2, 0) is 4.79 Å². The summed E-state index contributed by atoms with van der Waals surface area (Å²) in [5.41, 5.74) is 1.13. The number of aliphatic carboxylic acids is 1. The molecule has 0 spiro atoms. The average Bonchev–Trinajstić information content (AvgIpc) is 3.04. The van der Waals surface area contributed by atoms with Gasteiger partial charge < -0.3 is 14.7 Å². The Balaban J connectivity index is 1.77. The predicted octanol–water partition coefficient (Wildman–Crippen LogP) is 2.95. The van der Waals surface area contributed by atoms with Gasteiger partial charge >= 0.3 is 12.3 Å². The number of alkyl halides is 3. The highest BCUT2D eigenvalue weighted by Gasteiger charge is 2.31. The van der Waals surface area contributed by atoms with E-state index < -0.39 is 18.2 Å². The Bertz CT molecular complexity index is 765. The molecule has 0 saturated carbocycles. The van der Waals surface area contributed by atoms with Crippen molar-refractivity contribution in [1.82, 2.24) is 9.97 Å². The molecule has 1 unspecified atom stereocenters. The third-order valence-corrected chi connectivity index (χ3v) is 3.90. The van der Waals surface area contributed by atoms with E-state index in [1.807, 2.05) is 4.90 Å². The lowest BCUT2D eigenvalue weighted by Gasteiger charge is -2.17. The summed E-state index contributed by atoms with van der Waals surface area (Å²) in [6.45, 7) is 0.940. The molecule has 9 heteroatoms. The number of ether oxygens (including phenoxy) is 1. The van der Waals surface area contributed by atoms with E-state index >= 15 is 0 Å². The van der Waals surface area contributed by atoms with Crippen LogP contribution in [-0.4, -0.2) is 40.5 Å². The highest BCUT2D eigenvalue weighted by atomic mass is 19.4. The Morgan fingerprint density at radius 2 is 1.96 bits per heavy atom. The molecule has 0 aliphatic carbocycles. The highest BCUT2D eigenvalue weighted by molar-refractivity contribution is 5.72. The highest BCUT2D eigenvalue weighted by Crippen LogP contribution is 2.28. The van der Waals surface area contributed by atoms with Crippen LogP contribution in [0.25, 0.3) is 11.3 Å². The zero-order chi connectivity index (χ0) is 18.0. The molecule has 3 rings (SSSR count). The molecule has 0 radical (unpaired) electrons. The molecule has 1 aliphatic heterocycles. The summed E-state index contributed by atoms with van der Waals surface area (Å²) in [6, 6.07) is 7.04. The SMILES string of the molecule is O=C(O)C1CCN(c2cc(-c3ccc(OC(F)(F)F)cc3)ncn2)C1. The molecule has 0 bridgehead atoms. The molecule has 1 atom stereocenters. The van der Waals surface area contributed by atoms with E-state index in [1.165, 1.54) is 30.6 Å². The maximum Gasteiger partial charge on any atom is 0.573 e. The van der Waals surface area contributed by atoms with E-state index in [9.17, 15) is 18.0 Å². The van der Waals surface area contributed by atoms with Crippen molar-refractivity contribution in [2.24, 2.45) is 5.92 Å². The van der Waals surface area contributed by atoms with E-state index in [0.29, 0.717) is 36.6 Å². The van der Waals surface area contributed by atoms with Crippen LogP contribution in [0, 0.1) is 5.92 Å². The summed E-state index contributed by atoms with van der Waals surface area (Å²) in [7, 11) is 0. The Labute approximate surface area is 140 Å². The van der Waals surface area contributed by atoms with Gasteiger partial charge in [0.05, 0.1) is 11.6 Å². The molecular weight excluding hydrogens is 339 g/mol. The fourth-order valence-corrected chi connectivity index (χ4v) is 2.68. The van der Waals surface area contributed by atoms with E-state index in [-0.39, 0.29) is 5.75 Å². The van der Waals surface area contributed by atoms with Gasteiger partial charge in [0.2, 0.25) is 0 Å². The summed E-state index contributed by atoms with van der Waals surface area (Å²) in [5, 5.41) is 9.07. The lowest BCUT2D eigenvalue weighted by molar-refractivity contribution is -0.274. The number of hydrogen-bond donors (Lipinski definition) is 1. The van der Waals surface area contributed by atoms with E-state index in [2.05, 4.69) is 14.7 Å². The van der Waals surface area contributed by atoms with Gasteiger partial charge in [-0.05, 0) is 30.7 Å². The first kappa shape index (κ1) is 17.0. The zero-order valence-corrected chi connectivity index (χ0v) is 12.9. The maximum absolute atomic E-state index is 12.2. The maximum atomic E-state index is 12.2. The monoisotopic (exact) mass is 353 g/mol. The Kier molecular flexibility index (Phi) is 4.47. The van der Waals surface area contributed by atoms with Crippen molar-refractivity contribution in [1.29, 1.82) is 0 Å². The summed E-state index contributed by atoms with van der Waals surface area (Å²) in [5.74, 6) is -0.993. The second-order valence-corrected chi connectivity index (χ2v) is 5.60. The lowest BCUT2D eigenvalue weighted by atomic mass is 10.1. The van der Waals surface area contributed by atoms with Gasteiger partial charge in [-0.15, -0.1) is 13.2 Å². The number of nitrogens with zero attached hydrogens (tertiary/aromatic N) is 3. The van der Waals surface area contributed by atoms with Gasteiger partial charge in [0.15, 0.2) is 0 Å². The minimum absolute atomic E-state index is 0.311. The number of carboxylic acid groups (broad SMARTS) is 1. The number of halogens is 3. The Hall–Kier alpha value is -2.84. The van der Waals surface area contributed by atoms with Gasteiger partial charge in [-0.25, -0.2) is 9.97 Å². The lowest BCUT2D eigenvalue weighted by Crippen LogP contribution is -2.23. The number of rotatable bonds is 4. The molecule has 1 aromatic heterocycles. The van der Waals surface area contributed by atoms with Gasteiger partial charge in [-0.2, -0.15) is 0 Å². The van der Waals surface area contributed by atoms with Gasteiger partial charge in [-0.3, -0.25) is 4.79 Å². The second-order valence-electron chi connectivity index (χ2n) is 5.60. The molecule has 132 valence electrons. The smallest absolute Gasteiger partial charge is 0.481 e. The minimum Gasteiger partial charge on any atom is -0.481 e. The summed E-state index contributed by atoms with van der Waals surface area (Å²) >= 11 is 0. The van der Waals surface area contributed by atoms with Crippen molar-refractivity contribution in [3.8, 4) is 17.0 Å². The second kappa shape index (κ2) is 6.58. The molecule has 6 nitrogen and oxygen atoms in total. The number of anilines is 1. The summed E-state index contributed by atoms with van der Waals surface area (Å²) in [6.07, 6.45) is -2.85. The molecule has 25 heavy (non-hydrogen) atoms. The fraction of sp³-hybridized carbons (Fsp3) is 0.312. The summed E-state index contributed by atoms with van der Waals surface area (Å²) in [4.78, 5) is 21.2. The topological polar surface area (TPSA) is 75.5 Å². The molecule has 1 saturated heterocycles. The van der Waals surface area contributed by atoms with Gasteiger partial charge in [0.25, 0.3) is 0 Å². The first-order valence-corrected chi connectivity index (χ1v) is 7.48. The van der Waals surface area contributed by atoms with Crippen LogP contribution in [0.1, 0.15) is 6.42 Å². The third kappa shape index (κ3) is 4.17. The molecule has 1 aromatic carbocycles. The van der Waals surface area contributed by atoms with Crippen LogP contribution in [0.5, 0.6) is 5.75 Å². The van der Waals surface area contributed by atoms with Crippen LogP contribution in [0.15, 0.2) is 36.7 Å². The molecule has 1 aliphatic rings. The minimum atomic E-state index is -4.74. The Morgan fingerprint density at radius 1 is 1.24 bits per heavy atom.